The van der Waals surface area contributed by atoms with Crippen LogP contribution in [0.25, 0.3) is 0 Å². The van der Waals surface area contributed by atoms with Gasteiger partial charge in [0.1, 0.15) is 0 Å². The molecule has 1 radical (unpaired) electrons. The van der Waals surface area contributed by atoms with E-state index in [1.807, 2.05) is 0 Å². The predicted octanol–water partition coefficient (Wildman–Crippen LogP) is -0.121. The van der Waals surface area contributed by atoms with Crippen LogP contribution >= 0.6 is 12.2 Å². The second-order valence-corrected chi connectivity index (χ2v) is 3.90. The molecule has 0 aromatic rings. The Kier molecular flexibility index (Phi) is 9.95. The quantitative estimate of drug-likeness (QED) is 0.560. The monoisotopic (exact) mass is 307 g/mol. The smallest absolute Gasteiger partial charge is 0.0686 e. The molecule has 79 valence electrons. The summed E-state index contributed by atoms with van der Waals surface area (Å²) in [4.78, 5) is 1.61. The average molecular weight is 307 g/mol. The third-order valence-corrected chi connectivity index (χ3v) is 1.74. The SMILES string of the molecule is CC(O)CN(CC(C)O)C(=S)[S-].[99Tc]. The van der Waals surface area contributed by atoms with Crippen LogP contribution in [0.4, 0.5) is 0 Å². The molecular weight excluding hydrogens is 293 g/mol. The van der Waals surface area contributed by atoms with Crippen molar-refractivity contribution in [3.63, 3.8) is 0 Å². The molecule has 0 aliphatic rings. The van der Waals surface area contributed by atoms with E-state index in [0.717, 1.165) is 0 Å². The Labute approximate surface area is 103 Å². The Morgan fingerprint density at radius 1 is 1.31 bits per heavy atom. The topological polar surface area (TPSA) is 43.7 Å². The fraction of sp³-hybridized carbons (Fsp3) is 0.857. The molecule has 0 aliphatic heterocycles. The number of thiocarbonyl (C=S) groups is 1. The van der Waals surface area contributed by atoms with Gasteiger partial charge >= 0.3 is 0 Å². The molecule has 0 heterocycles. The van der Waals surface area contributed by atoms with E-state index in [0.29, 0.717) is 13.1 Å². The Balaban J connectivity index is 0. The summed E-state index contributed by atoms with van der Waals surface area (Å²) in [6.45, 7) is 4.08. The summed E-state index contributed by atoms with van der Waals surface area (Å²) in [7, 11) is 0. The van der Waals surface area contributed by atoms with Crippen molar-refractivity contribution in [3.8, 4) is 0 Å². The average Bonchev–Trinajstić information content (AvgIpc) is 1.83. The van der Waals surface area contributed by atoms with Crippen LogP contribution in [0.1, 0.15) is 13.8 Å². The van der Waals surface area contributed by atoms with Crippen LogP contribution < -0.4 is 0 Å². The molecule has 0 saturated carbocycles. The molecule has 0 bridgehead atoms. The second-order valence-electron chi connectivity index (χ2n) is 2.87. The van der Waals surface area contributed by atoms with Crippen LogP contribution in [0.15, 0.2) is 0 Å². The zero-order chi connectivity index (χ0) is 9.72. The molecule has 0 rings (SSSR count). The van der Waals surface area contributed by atoms with Crippen LogP contribution in [-0.4, -0.2) is 44.7 Å². The van der Waals surface area contributed by atoms with Gasteiger partial charge in [-0.2, -0.15) is 0 Å². The number of rotatable bonds is 4. The maximum absolute atomic E-state index is 9.06. The molecule has 2 N–H and O–H groups in total. The third-order valence-electron chi connectivity index (χ3n) is 1.23. The van der Waals surface area contributed by atoms with E-state index in [1.54, 1.807) is 18.7 Å². The van der Waals surface area contributed by atoms with Crippen LogP contribution in [-0.2, 0) is 32.7 Å². The van der Waals surface area contributed by atoms with Crippen molar-refractivity contribution in [2.75, 3.05) is 13.1 Å². The molecule has 13 heavy (non-hydrogen) atoms. The number of aliphatic hydroxyl groups is 2. The normalized spacial score (nSPS) is 14.2. The van der Waals surface area contributed by atoms with Gasteiger partial charge in [0.15, 0.2) is 0 Å². The van der Waals surface area contributed by atoms with Gasteiger partial charge in [-0.3, -0.25) is 0 Å². The van der Waals surface area contributed by atoms with Crippen molar-refractivity contribution in [1.29, 1.82) is 0 Å². The van der Waals surface area contributed by atoms with Crippen molar-refractivity contribution in [1.82, 2.24) is 4.90 Å². The summed E-state index contributed by atoms with van der Waals surface area (Å²) in [6.07, 6.45) is -0.964. The summed E-state index contributed by atoms with van der Waals surface area (Å²) in [5.41, 5.74) is 0. The van der Waals surface area contributed by atoms with Gasteiger partial charge in [0.25, 0.3) is 0 Å². The standard InChI is InChI=1S/C7H15NO2S2.Tc/c1-5(9)3-8(7(11)12)4-6(2)10;/h5-6,9-10H,3-4H2,1-2H3,(H,11,12);/p-1/i;1+1. The van der Waals surface area contributed by atoms with Crippen LogP contribution in [0, 0.1) is 0 Å². The van der Waals surface area contributed by atoms with Crippen molar-refractivity contribution >= 4 is 29.2 Å². The fourth-order valence-corrected chi connectivity index (χ4v) is 1.16. The summed E-state index contributed by atoms with van der Waals surface area (Å²) in [5.74, 6) is 0. The number of hydrogen-bond acceptors (Lipinski definition) is 4. The van der Waals surface area contributed by atoms with E-state index >= 15 is 0 Å². The molecule has 0 aromatic heterocycles. The first kappa shape index (κ1) is 16.1. The molecule has 0 fully saturated rings. The molecule has 6 heteroatoms. The van der Waals surface area contributed by atoms with Crippen LogP contribution in [0.2, 0.25) is 0 Å². The van der Waals surface area contributed by atoms with E-state index in [4.69, 9.17) is 35.1 Å². The summed E-state index contributed by atoms with van der Waals surface area (Å²) in [6, 6.07) is 0. The van der Waals surface area contributed by atoms with E-state index in [2.05, 4.69) is 0 Å². The van der Waals surface area contributed by atoms with Gasteiger partial charge in [-0.15, -0.1) is 0 Å². The summed E-state index contributed by atoms with van der Waals surface area (Å²) >= 11 is 9.54. The van der Waals surface area contributed by atoms with E-state index in [9.17, 15) is 0 Å². The Morgan fingerprint density at radius 2 is 1.62 bits per heavy atom. The van der Waals surface area contributed by atoms with E-state index in [1.165, 1.54) is 0 Å². The largest absolute Gasteiger partial charge is 0.411 e. The van der Waals surface area contributed by atoms with Gasteiger partial charge in [0.2, 0.25) is 0 Å². The van der Waals surface area contributed by atoms with Crippen molar-refractivity contribution in [3.05, 3.63) is 0 Å². The minimum atomic E-state index is -0.482. The molecule has 2 atom stereocenters. The van der Waals surface area contributed by atoms with Crippen LogP contribution in [0.5, 0.6) is 0 Å². The molecule has 2 unspecified atom stereocenters. The van der Waals surface area contributed by atoms with Crippen LogP contribution in [0.3, 0.4) is 0 Å². The second kappa shape index (κ2) is 8.03. The molecule has 3 nitrogen and oxygen atoms in total. The summed E-state index contributed by atoms with van der Waals surface area (Å²) < 4.78 is 0.289. The molecule has 0 amide bonds. The first-order valence-electron chi connectivity index (χ1n) is 3.75. The van der Waals surface area contributed by atoms with Gasteiger partial charge in [-0.25, -0.2) is 0 Å². The van der Waals surface area contributed by atoms with E-state index in [-0.39, 0.29) is 24.4 Å². The maximum Gasteiger partial charge on any atom is 0.0686 e. The van der Waals surface area contributed by atoms with Gasteiger partial charge in [-0.1, -0.05) is 4.32 Å². The number of aliphatic hydroxyl groups excluding tert-OH is 2. The van der Waals surface area contributed by atoms with Gasteiger partial charge < -0.3 is 40.0 Å². The zero-order valence-electron chi connectivity index (χ0n) is 7.61. The summed E-state index contributed by atoms with van der Waals surface area (Å²) in [5, 5.41) is 18.1. The van der Waals surface area contributed by atoms with Crippen molar-refractivity contribution in [2.24, 2.45) is 0 Å². The molecule has 0 aromatic carbocycles. The first-order valence-corrected chi connectivity index (χ1v) is 4.57. The van der Waals surface area contributed by atoms with E-state index < -0.39 is 12.2 Å². The molecular formula is C7H14NO2S2Tc-. The third kappa shape index (κ3) is 8.99. The molecule has 0 aliphatic carbocycles. The van der Waals surface area contributed by atoms with Crippen molar-refractivity contribution < 1.29 is 30.3 Å². The Bertz CT molecular complexity index is 145. The minimum Gasteiger partial charge on any atom is -0.411 e. The first-order chi connectivity index (χ1) is 5.43. The molecule has 0 saturated heterocycles. The van der Waals surface area contributed by atoms with Gasteiger partial charge in [0, 0.05) is 33.2 Å². The van der Waals surface area contributed by atoms with Gasteiger partial charge in [-0.05, 0) is 13.8 Å². The fourth-order valence-electron chi connectivity index (χ4n) is 0.861. The maximum atomic E-state index is 9.06. The Morgan fingerprint density at radius 3 is 1.77 bits per heavy atom. The Hall–Kier alpha value is 0.679. The van der Waals surface area contributed by atoms with Crippen molar-refractivity contribution in [2.45, 2.75) is 26.1 Å². The zero-order valence-corrected chi connectivity index (χ0v) is 11.1. The minimum absolute atomic E-state index is 0. The predicted molar refractivity (Wildman–Crippen MR) is 54.9 cm³/mol. The molecule has 0 spiro atoms. The number of hydrogen-bond donors (Lipinski definition) is 2. The van der Waals surface area contributed by atoms with Gasteiger partial charge in [0.05, 0.1) is 12.2 Å². The number of nitrogens with zero attached hydrogens (tertiary/aromatic N) is 1.